The largest absolute Gasteiger partial charge is 0.398 e. The monoisotopic (exact) mass is 200 g/mol. The lowest BCUT2D eigenvalue weighted by atomic mass is 10.0. The molecule has 0 bridgehead atoms. The van der Waals surface area contributed by atoms with Crippen LogP contribution < -0.4 is 11.5 Å². The Bertz CT molecular complexity index is 489. The van der Waals surface area contributed by atoms with Gasteiger partial charge in [0, 0.05) is 16.8 Å². The summed E-state index contributed by atoms with van der Waals surface area (Å²) in [5.41, 5.74) is 14.7. The number of rotatable bonds is 2. The number of hydrogen-bond donors (Lipinski definition) is 2. The zero-order chi connectivity index (χ0) is 10.8. The highest BCUT2D eigenvalue weighted by Crippen LogP contribution is 2.26. The molecule has 2 nitrogen and oxygen atoms in total. The number of hydrogen-bond acceptors (Lipinski definition) is 2. The third kappa shape index (κ3) is 1.75. The van der Waals surface area contributed by atoms with Gasteiger partial charge in [0.15, 0.2) is 0 Å². The van der Waals surface area contributed by atoms with Crippen molar-refractivity contribution in [1.29, 1.82) is 0 Å². The third-order valence-corrected chi connectivity index (χ3v) is 2.69. The minimum absolute atomic E-state index is 0.794. The molecular weight excluding hydrogens is 184 g/mol. The molecule has 0 aliphatic carbocycles. The summed E-state index contributed by atoms with van der Waals surface area (Å²) < 4.78 is 0. The number of aryl methyl sites for hydroxylation is 1. The molecule has 0 aliphatic rings. The number of anilines is 2. The first-order chi connectivity index (χ1) is 7.22. The van der Waals surface area contributed by atoms with E-state index in [-0.39, 0.29) is 0 Å². The van der Waals surface area contributed by atoms with Crippen LogP contribution in [0.2, 0.25) is 0 Å². The second kappa shape index (κ2) is 3.81. The summed E-state index contributed by atoms with van der Waals surface area (Å²) in [6.07, 6.45) is 2.13. The lowest BCUT2D eigenvalue weighted by Gasteiger charge is -2.08. The van der Waals surface area contributed by atoms with Crippen LogP contribution in [0.25, 0.3) is 10.8 Å². The molecule has 0 radical (unpaired) electrons. The second-order valence-corrected chi connectivity index (χ2v) is 3.87. The SMILES string of the molecule is CCCc1cc2cccc(N)c2cc1N. The van der Waals surface area contributed by atoms with E-state index >= 15 is 0 Å². The fourth-order valence-electron chi connectivity index (χ4n) is 1.90. The minimum atomic E-state index is 0.794. The molecule has 0 amide bonds. The summed E-state index contributed by atoms with van der Waals surface area (Å²) >= 11 is 0. The quantitative estimate of drug-likeness (QED) is 0.732. The zero-order valence-electron chi connectivity index (χ0n) is 8.96. The summed E-state index contributed by atoms with van der Waals surface area (Å²) in [5.74, 6) is 0. The predicted octanol–water partition coefficient (Wildman–Crippen LogP) is 2.96. The number of nitrogen functional groups attached to an aromatic ring is 2. The molecule has 2 heteroatoms. The highest BCUT2D eigenvalue weighted by Gasteiger charge is 2.03. The van der Waals surface area contributed by atoms with Crippen molar-refractivity contribution in [3.63, 3.8) is 0 Å². The van der Waals surface area contributed by atoms with Gasteiger partial charge in [0.1, 0.15) is 0 Å². The smallest absolute Gasteiger partial charge is 0.0394 e. The molecule has 15 heavy (non-hydrogen) atoms. The van der Waals surface area contributed by atoms with Crippen LogP contribution in [0.5, 0.6) is 0 Å². The van der Waals surface area contributed by atoms with Gasteiger partial charge in [-0.2, -0.15) is 0 Å². The molecule has 4 N–H and O–H groups in total. The van der Waals surface area contributed by atoms with Crippen molar-refractivity contribution in [1.82, 2.24) is 0 Å². The van der Waals surface area contributed by atoms with Gasteiger partial charge in [-0.3, -0.25) is 0 Å². The fraction of sp³-hybridized carbons (Fsp3) is 0.231. The lowest BCUT2D eigenvalue weighted by molar-refractivity contribution is 0.926. The summed E-state index contributed by atoms with van der Waals surface area (Å²) in [6.45, 7) is 2.16. The average molecular weight is 200 g/mol. The minimum Gasteiger partial charge on any atom is -0.398 e. The van der Waals surface area contributed by atoms with Gasteiger partial charge in [-0.15, -0.1) is 0 Å². The van der Waals surface area contributed by atoms with Gasteiger partial charge in [0.25, 0.3) is 0 Å². The van der Waals surface area contributed by atoms with E-state index in [1.165, 1.54) is 10.9 Å². The van der Waals surface area contributed by atoms with Gasteiger partial charge in [-0.1, -0.05) is 25.5 Å². The Labute approximate surface area is 89.9 Å². The van der Waals surface area contributed by atoms with Gasteiger partial charge in [-0.05, 0) is 35.6 Å². The van der Waals surface area contributed by atoms with Crippen LogP contribution in [-0.4, -0.2) is 0 Å². The maximum atomic E-state index is 5.99. The molecular formula is C13H16N2. The Morgan fingerprint density at radius 1 is 1.07 bits per heavy atom. The standard InChI is InChI=1S/C13H16N2/c1-2-4-10-7-9-5-3-6-12(14)11(9)8-13(10)15/h3,5-8H,2,4,14-15H2,1H3. The van der Waals surface area contributed by atoms with E-state index in [1.807, 2.05) is 18.2 Å². The maximum Gasteiger partial charge on any atom is 0.0394 e. The molecule has 2 aromatic rings. The number of fused-ring (bicyclic) bond motifs is 1. The van der Waals surface area contributed by atoms with E-state index in [0.29, 0.717) is 0 Å². The summed E-state index contributed by atoms with van der Waals surface area (Å²) in [4.78, 5) is 0. The molecule has 2 rings (SSSR count). The summed E-state index contributed by atoms with van der Waals surface area (Å²) in [7, 11) is 0. The molecule has 78 valence electrons. The molecule has 0 spiro atoms. The normalized spacial score (nSPS) is 10.7. The molecule has 0 unspecified atom stereocenters. The predicted molar refractivity (Wildman–Crippen MR) is 66.8 cm³/mol. The van der Waals surface area contributed by atoms with Gasteiger partial charge >= 0.3 is 0 Å². The Morgan fingerprint density at radius 2 is 1.87 bits per heavy atom. The van der Waals surface area contributed by atoms with Gasteiger partial charge in [0.05, 0.1) is 0 Å². The van der Waals surface area contributed by atoms with Crippen molar-refractivity contribution < 1.29 is 0 Å². The molecule has 2 aromatic carbocycles. The van der Waals surface area contributed by atoms with Crippen LogP contribution in [0.4, 0.5) is 11.4 Å². The third-order valence-electron chi connectivity index (χ3n) is 2.69. The van der Waals surface area contributed by atoms with Crippen LogP contribution in [0.15, 0.2) is 30.3 Å². The molecule has 0 atom stereocenters. The zero-order valence-corrected chi connectivity index (χ0v) is 8.96. The van der Waals surface area contributed by atoms with Gasteiger partial charge in [-0.25, -0.2) is 0 Å². The first-order valence-corrected chi connectivity index (χ1v) is 5.29. The van der Waals surface area contributed by atoms with Crippen molar-refractivity contribution >= 4 is 22.1 Å². The summed E-state index contributed by atoms with van der Waals surface area (Å²) in [5, 5.41) is 2.22. The molecule has 0 saturated carbocycles. The fourth-order valence-corrected chi connectivity index (χ4v) is 1.90. The first kappa shape index (κ1) is 9.84. The van der Waals surface area contributed by atoms with E-state index < -0.39 is 0 Å². The molecule has 0 heterocycles. The molecule has 0 fully saturated rings. The van der Waals surface area contributed by atoms with Gasteiger partial charge < -0.3 is 11.5 Å². The molecule has 0 aromatic heterocycles. The first-order valence-electron chi connectivity index (χ1n) is 5.29. The van der Waals surface area contributed by atoms with Crippen molar-refractivity contribution in [3.05, 3.63) is 35.9 Å². The van der Waals surface area contributed by atoms with Gasteiger partial charge in [0.2, 0.25) is 0 Å². The Kier molecular flexibility index (Phi) is 2.50. The van der Waals surface area contributed by atoms with Crippen molar-refractivity contribution in [2.24, 2.45) is 0 Å². The Hall–Kier alpha value is -1.70. The highest BCUT2D eigenvalue weighted by atomic mass is 14.6. The highest BCUT2D eigenvalue weighted by molar-refractivity contribution is 5.95. The van der Waals surface area contributed by atoms with Crippen LogP contribution in [0, 0.1) is 0 Å². The lowest BCUT2D eigenvalue weighted by Crippen LogP contribution is -1.95. The van der Waals surface area contributed by atoms with E-state index in [0.717, 1.165) is 29.6 Å². The van der Waals surface area contributed by atoms with E-state index in [1.54, 1.807) is 0 Å². The van der Waals surface area contributed by atoms with Crippen molar-refractivity contribution in [2.45, 2.75) is 19.8 Å². The molecule has 0 saturated heterocycles. The maximum absolute atomic E-state index is 5.99. The Balaban J connectivity index is 2.65. The van der Waals surface area contributed by atoms with E-state index in [2.05, 4.69) is 19.1 Å². The Morgan fingerprint density at radius 3 is 2.60 bits per heavy atom. The topological polar surface area (TPSA) is 52.0 Å². The van der Waals surface area contributed by atoms with Crippen molar-refractivity contribution in [3.8, 4) is 0 Å². The van der Waals surface area contributed by atoms with Crippen molar-refractivity contribution in [2.75, 3.05) is 11.5 Å². The number of benzene rings is 2. The van der Waals surface area contributed by atoms with E-state index in [9.17, 15) is 0 Å². The van der Waals surface area contributed by atoms with Crippen LogP contribution >= 0.6 is 0 Å². The molecule has 0 aliphatic heterocycles. The average Bonchev–Trinajstić information content (AvgIpc) is 2.21. The van der Waals surface area contributed by atoms with Crippen LogP contribution in [0.3, 0.4) is 0 Å². The van der Waals surface area contributed by atoms with Crippen LogP contribution in [-0.2, 0) is 6.42 Å². The second-order valence-electron chi connectivity index (χ2n) is 3.87. The summed E-state index contributed by atoms with van der Waals surface area (Å²) in [6, 6.07) is 10.1. The van der Waals surface area contributed by atoms with E-state index in [4.69, 9.17) is 11.5 Å². The van der Waals surface area contributed by atoms with Crippen LogP contribution in [0.1, 0.15) is 18.9 Å². The number of nitrogens with two attached hydrogens (primary N) is 2.